The minimum Gasteiger partial charge on any atom is -0.493 e. The van der Waals surface area contributed by atoms with Crippen LogP contribution in [0, 0.1) is 0 Å². The molecule has 0 saturated carbocycles. The van der Waals surface area contributed by atoms with Crippen molar-refractivity contribution < 1.29 is 14.3 Å². The Morgan fingerprint density at radius 2 is 2.12 bits per heavy atom. The van der Waals surface area contributed by atoms with Crippen LogP contribution in [0.4, 0.5) is 0 Å². The molecule has 0 amide bonds. The van der Waals surface area contributed by atoms with Crippen molar-refractivity contribution in [1.82, 2.24) is 4.90 Å². The van der Waals surface area contributed by atoms with E-state index in [0.29, 0.717) is 23.7 Å². The first-order valence-corrected chi connectivity index (χ1v) is 5.08. The molecule has 0 heterocycles. The lowest BCUT2D eigenvalue weighted by molar-refractivity contribution is 0.111. The molecule has 4 heteroatoms. The van der Waals surface area contributed by atoms with Gasteiger partial charge in [0.2, 0.25) is 0 Å². The summed E-state index contributed by atoms with van der Waals surface area (Å²) in [5.74, 6) is 1.10. The normalized spacial score (nSPS) is 10.2. The van der Waals surface area contributed by atoms with E-state index in [1.165, 1.54) is 0 Å². The molecule has 1 rings (SSSR count). The van der Waals surface area contributed by atoms with Gasteiger partial charge in [0.25, 0.3) is 0 Å². The van der Waals surface area contributed by atoms with Crippen molar-refractivity contribution >= 4 is 6.29 Å². The van der Waals surface area contributed by atoms with E-state index >= 15 is 0 Å². The Morgan fingerprint density at radius 1 is 1.38 bits per heavy atom. The first-order valence-electron chi connectivity index (χ1n) is 5.08. The SMILES string of the molecule is COc1cccc(C=O)c1OCCN(C)C. The highest BCUT2D eigenvalue weighted by atomic mass is 16.5. The summed E-state index contributed by atoms with van der Waals surface area (Å²) in [5, 5.41) is 0. The van der Waals surface area contributed by atoms with Crippen LogP contribution < -0.4 is 9.47 Å². The molecule has 1 aromatic rings. The molecule has 0 unspecified atom stereocenters. The number of nitrogens with zero attached hydrogens (tertiary/aromatic N) is 1. The minimum atomic E-state index is 0.512. The molecule has 0 fully saturated rings. The van der Waals surface area contributed by atoms with Gasteiger partial charge in [-0.3, -0.25) is 4.79 Å². The van der Waals surface area contributed by atoms with Gasteiger partial charge in [-0.15, -0.1) is 0 Å². The van der Waals surface area contributed by atoms with E-state index in [9.17, 15) is 4.79 Å². The molecule has 0 atom stereocenters. The van der Waals surface area contributed by atoms with Gasteiger partial charge in [0.1, 0.15) is 6.61 Å². The molecule has 0 N–H and O–H groups in total. The number of benzene rings is 1. The van der Waals surface area contributed by atoms with Gasteiger partial charge >= 0.3 is 0 Å². The molecule has 0 spiro atoms. The molecule has 4 nitrogen and oxygen atoms in total. The van der Waals surface area contributed by atoms with Crippen molar-refractivity contribution in [2.75, 3.05) is 34.4 Å². The van der Waals surface area contributed by atoms with Crippen LogP contribution in [0.25, 0.3) is 0 Å². The fourth-order valence-corrected chi connectivity index (χ4v) is 1.27. The van der Waals surface area contributed by atoms with Gasteiger partial charge in [-0.1, -0.05) is 6.07 Å². The first-order chi connectivity index (χ1) is 7.69. The van der Waals surface area contributed by atoms with Gasteiger partial charge in [-0.05, 0) is 26.2 Å². The average Bonchev–Trinajstić information content (AvgIpc) is 2.28. The third-order valence-electron chi connectivity index (χ3n) is 2.14. The number of ether oxygens (including phenoxy) is 2. The lowest BCUT2D eigenvalue weighted by atomic mass is 10.2. The molecule has 0 bridgehead atoms. The van der Waals surface area contributed by atoms with Crippen LogP contribution >= 0.6 is 0 Å². The fourth-order valence-electron chi connectivity index (χ4n) is 1.27. The Hall–Kier alpha value is -1.55. The van der Waals surface area contributed by atoms with Crippen molar-refractivity contribution in [3.05, 3.63) is 23.8 Å². The quantitative estimate of drug-likeness (QED) is 0.684. The molecule has 0 aliphatic rings. The lowest BCUT2D eigenvalue weighted by Gasteiger charge is -2.14. The van der Waals surface area contributed by atoms with E-state index in [1.807, 2.05) is 19.0 Å². The number of para-hydroxylation sites is 1. The Labute approximate surface area is 95.8 Å². The largest absolute Gasteiger partial charge is 0.493 e. The average molecular weight is 223 g/mol. The summed E-state index contributed by atoms with van der Waals surface area (Å²) in [6, 6.07) is 5.25. The third kappa shape index (κ3) is 3.24. The number of hydrogen-bond acceptors (Lipinski definition) is 4. The van der Waals surface area contributed by atoms with E-state index in [2.05, 4.69) is 0 Å². The highest BCUT2D eigenvalue weighted by Crippen LogP contribution is 2.29. The van der Waals surface area contributed by atoms with Crippen LogP contribution in [0.3, 0.4) is 0 Å². The number of aldehydes is 1. The van der Waals surface area contributed by atoms with E-state index < -0.39 is 0 Å². The molecule has 0 aliphatic carbocycles. The Bertz CT molecular complexity index is 350. The fraction of sp³-hybridized carbons (Fsp3) is 0.417. The van der Waals surface area contributed by atoms with E-state index in [4.69, 9.17) is 9.47 Å². The van der Waals surface area contributed by atoms with Gasteiger partial charge in [0, 0.05) is 6.54 Å². The number of carbonyl (C=O) groups is 1. The molecule has 1 aromatic carbocycles. The Kier molecular flexibility index (Phi) is 4.79. The van der Waals surface area contributed by atoms with Crippen LogP contribution in [-0.4, -0.2) is 45.5 Å². The van der Waals surface area contributed by atoms with Crippen LogP contribution in [0.2, 0.25) is 0 Å². The Morgan fingerprint density at radius 3 is 2.69 bits per heavy atom. The van der Waals surface area contributed by atoms with E-state index in [0.717, 1.165) is 12.8 Å². The molecule has 0 radical (unpaired) electrons. The summed E-state index contributed by atoms with van der Waals surface area (Å²) < 4.78 is 10.7. The smallest absolute Gasteiger partial charge is 0.171 e. The summed E-state index contributed by atoms with van der Waals surface area (Å²) in [4.78, 5) is 12.9. The zero-order chi connectivity index (χ0) is 12.0. The number of methoxy groups -OCH3 is 1. The first kappa shape index (κ1) is 12.5. The van der Waals surface area contributed by atoms with Crippen molar-refractivity contribution in [2.45, 2.75) is 0 Å². The summed E-state index contributed by atoms with van der Waals surface area (Å²) >= 11 is 0. The standard InChI is InChI=1S/C12H17NO3/c1-13(2)7-8-16-12-10(9-14)5-4-6-11(12)15-3/h4-6,9H,7-8H2,1-3H3. The minimum absolute atomic E-state index is 0.512. The maximum Gasteiger partial charge on any atom is 0.171 e. The molecule has 0 aliphatic heterocycles. The molecular weight excluding hydrogens is 206 g/mol. The van der Waals surface area contributed by atoms with Gasteiger partial charge in [0.15, 0.2) is 17.8 Å². The van der Waals surface area contributed by atoms with Crippen LogP contribution in [0.5, 0.6) is 11.5 Å². The highest BCUT2D eigenvalue weighted by molar-refractivity contribution is 5.81. The number of carbonyl (C=O) groups excluding carboxylic acids is 1. The van der Waals surface area contributed by atoms with Crippen molar-refractivity contribution in [1.29, 1.82) is 0 Å². The predicted octanol–water partition coefficient (Wildman–Crippen LogP) is 1.45. The van der Waals surface area contributed by atoms with Crippen LogP contribution in [0.15, 0.2) is 18.2 Å². The van der Waals surface area contributed by atoms with Crippen LogP contribution in [0.1, 0.15) is 10.4 Å². The molecule has 16 heavy (non-hydrogen) atoms. The molecule has 0 saturated heterocycles. The zero-order valence-corrected chi connectivity index (χ0v) is 9.90. The van der Waals surface area contributed by atoms with Gasteiger partial charge in [-0.2, -0.15) is 0 Å². The maximum absolute atomic E-state index is 10.8. The van der Waals surface area contributed by atoms with E-state index in [1.54, 1.807) is 25.3 Å². The predicted molar refractivity (Wildman–Crippen MR) is 62.4 cm³/mol. The topological polar surface area (TPSA) is 38.8 Å². The van der Waals surface area contributed by atoms with Crippen molar-refractivity contribution in [2.24, 2.45) is 0 Å². The number of rotatable bonds is 6. The summed E-state index contributed by atoms with van der Waals surface area (Å²) in [6.07, 6.45) is 0.771. The monoisotopic (exact) mass is 223 g/mol. The van der Waals surface area contributed by atoms with Crippen molar-refractivity contribution in [3.8, 4) is 11.5 Å². The summed E-state index contributed by atoms with van der Waals surface area (Å²) in [6.45, 7) is 1.31. The van der Waals surface area contributed by atoms with Crippen molar-refractivity contribution in [3.63, 3.8) is 0 Å². The second-order valence-electron chi connectivity index (χ2n) is 3.65. The molecule has 88 valence electrons. The zero-order valence-electron chi connectivity index (χ0n) is 9.90. The number of hydrogen-bond donors (Lipinski definition) is 0. The van der Waals surface area contributed by atoms with Crippen LogP contribution in [-0.2, 0) is 0 Å². The van der Waals surface area contributed by atoms with Gasteiger partial charge in [0.05, 0.1) is 12.7 Å². The Balaban J connectivity index is 2.78. The second kappa shape index (κ2) is 6.12. The third-order valence-corrected chi connectivity index (χ3v) is 2.14. The van der Waals surface area contributed by atoms with Gasteiger partial charge < -0.3 is 14.4 Å². The number of likely N-dealkylation sites (N-methyl/N-ethyl adjacent to an activating group) is 1. The highest BCUT2D eigenvalue weighted by Gasteiger charge is 2.09. The molecular formula is C12H17NO3. The summed E-state index contributed by atoms with van der Waals surface area (Å²) in [5.41, 5.74) is 0.512. The lowest BCUT2D eigenvalue weighted by Crippen LogP contribution is -2.19. The second-order valence-corrected chi connectivity index (χ2v) is 3.65. The van der Waals surface area contributed by atoms with E-state index in [-0.39, 0.29) is 0 Å². The maximum atomic E-state index is 10.8. The molecule has 0 aromatic heterocycles. The summed E-state index contributed by atoms with van der Waals surface area (Å²) in [7, 11) is 5.49. The van der Waals surface area contributed by atoms with Gasteiger partial charge in [-0.25, -0.2) is 0 Å².